The minimum Gasteiger partial charge on any atom is -0.496 e. The van der Waals surface area contributed by atoms with Crippen LogP contribution < -0.4 is 4.74 Å². The summed E-state index contributed by atoms with van der Waals surface area (Å²) in [6.07, 6.45) is 7.00. The number of carbonyl (C=O) groups is 1. The molecule has 2 aromatic rings. The Morgan fingerprint density at radius 3 is 2.65 bits per heavy atom. The predicted molar refractivity (Wildman–Crippen MR) is 105 cm³/mol. The van der Waals surface area contributed by atoms with Gasteiger partial charge in [-0.2, -0.15) is 0 Å². The summed E-state index contributed by atoms with van der Waals surface area (Å²) >= 11 is 0. The molecule has 0 atom stereocenters. The first-order valence-electron chi connectivity index (χ1n) is 9.69. The van der Waals surface area contributed by atoms with Gasteiger partial charge in [0, 0.05) is 24.6 Å². The van der Waals surface area contributed by atoms with Crippen LogP contribution in [-0.2, 0) is 11.3 Å². The van der Waals surface area contributed by atoms with E-state index in [1.807, 2.05) is 0 Å². The molecule has 0 spiro atoms. The quantitative estimate of drug-likeness (QED) is 0.653. The molecule has 1 aliphatic rings. The van der Waals surface area contributed by atoms with Crippen molar-refractivity contribution in [2.24, 2.45) is 0 Å². The fourth-order valence-corrected chi connectivity index (χ4v) is 4.12. The highest BCUT2D eigenvalue weighted by molar-refractivity contribution is 5.87. The minimum absolute atomic E-state index is 0.260. The number of nitrogens with zero attached hydrogens (tertiary/aromatic N) is 1. The van der Waals surface area contributed by atoms with E-state index in [9.17, 15) is 4.79 Å². The third-order valence-corrected chi connectivity index (χ3v) is 5.51. The van der Waals surface area contributed by atoms with Crippen LogP contribution in [-0.4, -0.2) is 35.7 Å². The van der Waals surface area contributed by atoms with Gasteiger partial charge in [-0.25, -0.2) is 0 Å². The summed E-state index contributed by atoms with van der Waals surface area (Å²) in [5.41, 5.74) is 1.25. The molecule has 3 rings (SSSR count). The van der Waals surface area contributed by atoms with Crippen molar-refractivity contribution in [1.29, 1.82) is 0 Å². The Morgan fingerprint density at radius 1 is 1.15 bits per heavy atom. The number of unbranched alkanes of at least 4 members (excludes halogenated alkanes) is 1. The highest BCUT2D eigenvalue weighted by Gasteiger charge is 2.24. The summed E-state index contributed by atoms with van der Waals surface area (Å²) in [6, 6.07) is 13.2. The summed E-state index contributed by atoms with van der Waals surface area (Å²) in [7, 11) is 1.74. The van der Waals surface area contributed by atoms with Crippen molar-refractivity contribution in [3.63, 3.8) is 0 Å². The first-order chi connectivity index (χ1) is 12.7. The van der Waals surface area contributed by atoms with Crippen LogP contribution >= 0.6 is 0 Å². The van der Waals surface area contributed by atoms with E-state index in [0.29, 0.717) is 6.04 Å². The summed E-state index contributed by atoms with van der Waals surface area (Å²) in [6.45, 7) is 1.81. The van der Waals surface area contributed by atoms with Gasteiger partial charge in [0.2, 0.25) is 0 Å². The van der Waals surface area contributed by atoms with E-state index in [4.69, 9.17) is 9.84 Å². The lowest BCUT2D eigenvalue weighted by Crippen LogP contribution is -2.34. The number of carboxylic acids is 1. The standard InChI is InChI=1S/C22H29NO3/c1-26-21-14-13-17-8-2-5-11-19(17)20(21)16-23(18-9-3-4-10-18)15-7-6-12-22(24)25/h2,5,8,11,13-14,18H,3-4,6-7,9-10,12,15-16H2,1H3,(H,24,25). The second-order valence-electron chi connectivity index (χ2n) is 7.23. The lowest BCUT2D eigenvalue weighted by atomic mass is 10.0. The van der Waals surface area contributed by atoms with Gasteiger partial charge in [0.05, 0.1) is 7.11 Å². The highest BCUT2D eigenvalue weighted by atomic mass is 16.5. The topological polar surface area (TPSA) is 49.8 Å². The van der Waals surface area contributed by atoms with Crippen LogP contribution in [0.4, 0.5) is 0 Å². The van der Waals surface area contributed by atoms with Crippen LogP contribution in [0.2, 0.25) is 0 Å². The molecule has 4 heteroatoms. The molecular weight excluding hydrogens is 326 g/mol. The molecule has 0 amide bonds. The number of hydrogen-bond donors (Lipinski definition) is 1. The molecule has 0 radical (unpaired) electrons. The predicted octanol–water partition coefficient (Wildman–Crippen LogP) is 4.85. The zero-order chi connectivity index (χ0) is 18.4. The molecule has 4 nitrogen and oxygen atoms in total. The van der Waals surface area contributed by atoms with Crippen molar-refractivity contribution in [3.8, 4) is 5.75 Å². The van der Waals surface area contributed by atoms with E-state index in [0.717, 1.165) is 31.7 Å². The van der Waals surface area contributed by atoms with Crippen molar-refractivity contribution in [2.75, 3.05) is 13.7 Å². The van der Waals surface area contributed by atoms with Gasteiger partial charge in [0.25, 0.3) is 0 Å². The third-order valence-electron chi connectivity index (χ3n) is 5.51. The average Bonchev–Trinajstić information content (AvgIpc) is 3.18. The minimum atomic E-state index is -0.701. The van der Waals surface area contributed by atoms with Crippen LogP contribution in [0.3, 0.4) is 0 Å². The molecule has 26 heavy (non-hydrogen) atoms. The molecule has 1 fully saturated rings. The second kappa shape index (κ2) is 9.04. The molecule has 0 unspecified atom stereocenters. The first kappa shape index (κ1) is 18.7. The summed E-state index contributed by atoms with van der Waals surface area (Å²) < 4.78 is 5.67. The van der Waals surface area contributed by atoms with E-state index >= 15 is 0 Å². The largest absolute Gasteiger partial charge is 0.496 e. The Hall–Kier alpha value is -2.07. The van der Waals surface area contributed by atoms with Gasteiger partial charge in [-0.3, -0.25) is 9.69 Å². The monoisotopic (exact) mass is 355 g/mol. The number of hydrogen-bond acceptors (Lipinski definition) is 3. The molecule has 0 saturated heterocycles. The van der Waals surface area contributed by atoms with E-state index < -0.39 is 5.97 Å². The summed E-state index contributed by atoms with van der Waals surface area (Å²) in [5.74, 6) is 0.241. The number of fused-ring (bicyclic) bond motifs is 1. The van der Waals surface area contributed by atoms with Crippen LogP contribution in [0.25, 0.3) is 10.8 Å². The number of rotatable bonds is 9. The van der Waals surface area contributed by atoms with Crippen molar-refractivity contribution >= 4 is 16.7 Å². The lowest BCUT2D eigenvalue weighted by molar-refractivity contribution is -0.137. The molecule has 0 aromatic heterocycles. The van der Waals surface area contributed by atoms with Gasteiger partial charge in [0.1, 0.15) is 5.75 Å². The maximum absolute atomic E-state index is 10.8. The van der Waals surface area contributed by atoms with E-state index in [1.165, 1.54) is 42.0 Å². The van der Waals surface area contributed by atoms with Gasteiger partial charge in [-0.15, -0.1) is 0 Å². The Balaban J connectivity index is 1.81. The van der Waals surface area contributed by atoms with Crippen molar-refractivity contribution in [2.45, 2.75) is 57.5 Å². The molecule has 0 heterocycles. The molecule has 140 valence electrons. The van der Waals surface area contributed by atoms with Crippen LogP contribution in [0.5, 0.6) is 5.75 Å². The van der Waals surface area contributed by atoms with Crippen LogP contribution in [0.15, 0.2) is 36.4 Å². The Kier molecular flexibility index (Phi) is 6.51. The molecule has 1 saturated carbocycles. The second-order valence-corrected chi connectivity index (χ2v) is 7.23. The average molecular weight is 355 g/mol. The van der Waals surface area contributed by atoms with Crippen LogP contribution in [0, 0.1) is 0 Å². The highest BCUT2D eigenvalue weighted by Crippen LogP contribution is 2.32. The molecule has 0 aliphatic heterocycles. The fraction of sp³-hybridized carbons (Fsp3) is 0.500. The number of aliphatic carboxylic acids is 1. The van der Waals surface area contributed by atoms with Gasteiger partial charge in [-0.05, 0) is 49.1 Å². The van der Waals surface area contributed by atoms with Gasteiger partial charge in [-0.1, -0.05) is 43.2 Å². The molecule has 1 N–H and O–H groups in total. The Bertz CT molecular complexity index is 737. The molecule has 2 aromatic carbocycles. The molecule has 1 aliphatic carbocycles. The maximum Gasteiger partial charge on any atom is 0.303 e. The lowest BCUT2D eigenvalue weighted by Gasteiger charge is -2.30. The Labute approximate surface area is 155 Å². The van der Waals surface area contributed by atoms with Crippen LogP contribution in [0.1, 0.15) is 50.5 Å². The summed E-state index contributed by atoms with van der Waals surface area (Å²) in [5, 5.41) is 11.4. The first-order valence-corrected chi connectivity index (χ1v) is 9.69. The number of benzene rings is 2. The van der Waals surface area contributed by atoms with Gasteiger partial charge < -0.3 is 9.84 Å². The Morgan fingerprint density at radius 2 is 1.92 bits per heavy atom. The fourth-order valence-electron chi connectivity index (χ4n) is 4.12. The normalized spacial score (nSPS) is 15.0. The number of ether oxygens (including phenoxy) is 1. The van der Waals surface area contributed by atoms with E-state index in [1.54, 1.807) is 7.11 Å². The van der Waals surface area contributed by atoms with E-state index in [2.05, 4.69) is 41.3 Å². The van der Waals surface area contributed by atoms with Gasteiger partial charge in [0.15, 0.2) is 0 Å². The SMILES string of the molecule is COc1ccc2ccccc2c1CN(CCCCC(=O)O)C1CCCC1. The van der Waals surface area contributed by atoms with Gasteiger partial charge >= 0.3 is 5.97 Å². The summed E-state index contributed by atoms with van der Waals surface area (Å²) in [4.78, 5) is 13.3. The number of carboxylic acid groups (broad SMARTS) is 1. The van der Waals surface area contributed by atoms with E-state index in [-0.39, 0.29) is 6.42 Å². The smallest absolute Gasteiger partial charge is 0.303 e. The maximum atomic E-state index is 10.8. The van der Waals surface area contributed by atoms with Crippen molar-refractivity contribution < 1.29 is 14.6 Å². The zero-order valence-electron chi connectivity index (χ0n) is 15.6. The van der Waals surface area contributed by atoms with Crippen molar-refractivity contribution in [1.82, 2.24) is 4.90 Å². The third kappa shape index (κ3) is 4.55. The molecular formula is C22H29NO3. The number of methoxy groups -OCH3 is 1. The zero-order valence-corrected chi connectivity index (χ0v) is 15.6. The van der Waals surface area contributed by atoms with Crippen molar-refractivity contribution in [3.05, 3.63) is 42.0 Å². The molecule has 0 bridgehead atoms.